The lowest BCUT2D eigenvalue weighted by atomic mass is 10.1. The lowest BCUT2D eigenvalue weighted by Gasteiger charge is -2.22. The molecule has 1 unspecified atom stereocenters. The number of nitrogens with two attached hydrogens (primary N) is 1. The van der Waals surface area contributed by atoms with E-state index in [1.54, 1.807) is 11.3 Å². The van der Waals surface area contributed by atoms with Gasteiger partial charge in [0.2, 0.25) is 0 Å². The number of nitrogens with zero attached hydrogens (tertiary/aromatic N) is 2. The van der Waals surface area contributed by atoms with Gasteiger partial charge in [-0.2, -0.15) is 0 Å². The van der Waals surface area contributed by atoms with Crippen LogP contribution in [-0.2, 0) is 6.54 Å². The summed E-state index contributed by atoms with van der Waals surface area (Å²) in [5.41, 5.74) is 9.04. The van der Waals surface area contributed by atoms with Crippen LogP contribution in [0.3, 0.4) is 0 Å². The molecule has 1 aromatic carbocycles. The Morgan fingerprint density at radius 3 is 2.85 bits per heavy atom. The number of H-pyrrole nitrogens is 1. The summed E-state index contributed by atoms with van der Waals surface area (Å²) in [7, 11) is 4.16. The Balaban J connectivity index is 2.11. The highest BCUT2D eigenvalue weighted by Gasteiger charge is 2.22. The van der Waals surface area contributed by atoms with Crippen LogP contribution in [0, 0.1) is 0 Å². The molecule has 0 radical (unpaired) electrons. The summed E-state index contributed by atoms with van der Waals surface area (Å²) < 4.78 is 0. The topological polar surface area (TPSA) is 57.9 Å². The molecule has 0 aliphatic carbocycles. The molecule has 0 amide bonds. The normalized spacial score (nSPS) is 13.2. The molecule has 0 bridgehead atoms. The predicted octanol–water partition coefficient (Wildman–Crippen LogP) is 2.73. The van der Waals surface area contributed by atoms with Crippen LogP contribution in [0.1, 0.15) is 22.3 Å². The van der Waals surface area contributed by atoms with Gasteiger partial charge in [-0.25, -0.2) is 4.98 Å². The molecule has 0 spiro atoms. The fourth-order valence-corrected chi connectivity index (χ4v) is 3.54. The van der Waals surface area contributed by atoms with Gasteiger partial charge in [-0.3, -0.25) is 4.90 Å². The molecule has 0 fully saturated rings. The van der Waals surface area contributed by atoms with Crippen LogP contribution in [0.2, 0.25) is 0 Å². The van der Waals surface area contributed by atoms with Crippen LogP contribution < -0.4 is 5.73 Å². The zero-order valence-corrected chi connectivity index (χ0v) is 12.4. The molecule has 0 aliphatic rings. The highest BCUT2D eigenvalue weighted by molar-refractivity contribution is 7.09. The number of thiazole rings is 1. The number of aromatic amines is 1. The molecular weight excluding hydrogens is 268 g/mol. The van der Waals surface area contributed by atoms with E-state index in [4.69, 9.17) is 5.73 Å². The second-order valence-electron chi connectivity index (χ2n) is 5.04. The van der Waals surface area contributed by atoms with Gasteiger partial charge in [-0.1, -0.05) is 18.2 Å². The molecule has 104 valence electrons. The van der Waals surface area contributed by atoms with Crippen molar-refractivity contribution < 1.29 is 0 Å². The minimum absolute atomic E-state index is 0.149. The maximum absolute atomic E-state index is 5.67. The minimum atomic E-state index is 0.149. The van der Waals surface area contributed by atoms with Gasteiger partial charge in [-0.15, -0.1) is 11.3 Å². The first-order valence-corrected chi connectivity index (χ1v) is 7.45. The van der Waals surface area contributed by atoms with Gasteiger partial charge in [0.25, 0.3) is 0 Å². The van der Waals surface area contributed by atoms with Crippen molar-refractivity contribution in [3.05, 3.63) is 52.1 Å². The summed E-state index contributed by atoms with van der Waals surface area (Å²) in [4.78, 5) is 10.2. The summed E-state index contributed by atoms with van der Waals surface area (Å²) in [6.07, 6.45) is 2.08. The van der Waals surface area contributed by atoms with E-state index in [2.05, 4.69) is 53.4 Å². The van der Waals surface area contributed by atoms with Crippen LogP contribution in [0.25, 0.3) is 10.9 Å². The molecule has 20 heavy (non-hydrogen) atoms. The molecule has 0 saturated carbocycles. The van der Waals surface area contributed by atoms with Gasteiger partial charge < -0.3 is 10.7 Å². The van der Waals surface area contributed by atoms with Gasteiger partial charge in [-0.05, 0) is 20.2 Å². The fourth-order valence-electron chi connectivity index (χ4n) is 2.49. The highest BCUT2D eigenvalue weighted by Crippen LogP contribution is 2.33. The summed E-state index contributed by atoms with van der Waals surface area (Å²) in [5.74, 6) is 0. The van der Waals surface area contributed by atoms with Crippen LogP contribution in [0.15, 0.2) is 35.8 Å². The van der Waals surface area contributed by atoms with E-state index < -0.39 is 0 Å². The third-order valence-corrected chi connectivity index (χ3v) is 4.39. The maximum Gasteiger partial charge on any atom is 0.115 e. The second kappa shape index (κ2) is 5.36. The SMILES string of the molecule is CN(C)C(c1nc(CN)cs1)c1c[nH]c2ccccc12. The average Bonchev–Trinajstić information content (AvgIpc) is 3.07. The number of benzene rings is 1. The van der Waals surface area contributed by atoms with Gasteiger partial charge in [0.05, 0.1) is 11.7 Å². The molecule has 1 atom stereocenters. The Bertz CT molecular complexity index is 713. The molecule has 0 aliphatic heterocycles. The Hall–Kier alpha value is -1.69. The lowest BCUT2D eigenvalue weighted by molar-refractivity contribution is 0.343. The zero-order valence-electron chi connectivity index (χ0n) is 11.6. The van der Waals surface area contributed by atoms with Crippen molar-refractivity contribution in [2.75, 3.05) is 14.1 Å². The van der Waals surface area contributed by atoms with Gasteiger partial charge >= 0.3 is 0 Å². The van der Waals surface area contributed by atoms with Crippen molar-refractivity contribution in [1.82, 2.24) is 14.9 Å². The molecule has 3 aromatic rings. The summed E-state index contributed by atoms with van der Waals surface area (Å²) in [6, 6.07) is 8.51. The third kappa shape index (κ3) is 2.24. The average molecular weight is 286 g/mol. The van der Waals surface area contributed by atoms with Crippen LogP contribution in [0.5, 0.6) is 0 Å². The Labute approximate surface area is 122 Å². The summed E-state index contributed by atoms with van der Waals surface area (Å²) >= 11 is 1.67. The van der Waals surface area contributed by atoms with E-state index in [1.165, 1.54) is 10.9 Å². The molecular formula is C15H18N4S. The Morgan fingerprint density at radius 1 is 1.35 bits per heavy atom. The van der Waals surface area contributed by atoms with Crippen molar-refractivity contribution in [3.63, 3.8) is 0 Å². The van der Waals surface area contributed by atoms with E-state index >= 15 is 0 Å². The van der Waals surface area contributed by atoms with Gasteiger partial charge in [0.1, 0.15) is 5.01 Å². The van der Waals surface area contributed by atoms with Gasteiger partial charge in [0.15, 0.2) is 0 Å². The molecule has 2 aromatic heterocycles. The largest absolute Gasteiger partial charge is 0.361 e. The van der Waals surface area contributed by atoms with Crippen LogP contribution in [0.4, 0.5) is 0 Å². The monoisotopic (exact) mass is 286 g/mol. The number of hydrogen-bond acceptors (Lipinski definition) is 4. The smallest absolute Gasteiger partial charge is 0.115 e. The number of rotatable bonds is 4. The Kier molecular flexibility index (Phi) is 3.56. The summed E-state index contributed by atoms with van der Waals surface area (Å²) in [5, 5.41) is 4.37. The molecule has 3 N–H and O–H groups in total. The third-order valence-electron chi connectivity index (χ3n) is 3.44. The van der Waals surface area contributed by atoms with E-state index in [1.807, 2.05) is 11.4 Å². The number of hydrogen-bond donors (Lipinski definition) is 2. The van der Waals surface area contributed by atoms with Crippen molar-refractivity contribution >= 4 is 22.2 Å². The molecule has 0 saturated heterocycles. The fraction of sp³-hybridized carbons (Fsp3) is 0.267. The molecule has 2 heterocycles. The highest BCUT2D eigenvalue weighted by atomic mass is 32.1. The Morgan fingerprint density at radius 2 is 2.15 bits per heavy atom. The number of nitrogens with one attached hydrogen (secondary N) is 1. The number of fused-ring (bicyclic) bond motifs is 1. The summed E-state index contributed by atoms with van der Waals surface area (Å²) in [6.45, 7) is 0.491. The van der Waals surface area contributed by atoms with E-state index in [9.17, 15) is 0 Å². The standard InChI is InChI=1S/C15H18N4S/c1-19(2)14(15-18-10(7-16)9-20-15)12-8-17-13-6-4-3-5-11(12)13/h3-6,8-9,14,17H,7,16H2,1-2H3. The quantitative estimate of drug-likeness (QED) is 0.775. The molecule has 3 rings (SSSR count). The number of aromatic nitrogens is 2. The number of para-hydroxylation sites is 1. The van der Waals surface area contributed by atoms with Crippen molar-refractivity contribution in [1.29, 1.82) is 0 Å². The van der Waals surface area contributed by atoms with E-state index in [0.29, 0.717) is 6.54 Å². The van der Waals surface area contributed by atoms with Crippen LogP contribution in [-0.4, -0.2) is 29.0 Å². The van der Waals surface area contributed by atoms with Gasteiger partial charge in [0, 0.05) is 34.6 Å². The van der Waals surface area contributed by atoms with Crippen molar-refractivity contribution in [2.45, 2.75) is 12.6 Å². The molecule has 4 nitrogen and oxygen atoms in total. The minimum Gasteiger partial charge on any atom is -0.361 e. The zero-order chi connectivity index (χ0) is 14.1. The second-order valence-corrected chi connectivity index (χ2v) is 5.93. The first-order chi connectivity index (χ1) is 9.70. The lowest BCUT2D eigenvalue weighted by Crippen LogP contribution is -2.20. The maximum atomic E-state index is 5.67. The molecule has 5 heteroatoms. The first kappa shape index (κ1) is 13.3. The van der Waals surface area contributed by atoms with E-state index in [0.717, 1.165) is 16.2 Å². The van der Waals surface area contributed by atoms with Crippen molar-refractivity contribution in [2.24, 2.45) is 5.73 Å². The van der Waals surface area contributed by atoms with Crippen molar-refractivity contribution in [3.8, 4) is 0 Å². The van der Waals surface area contributed by atoms with Crippen LogP contribution >= 0.6 is 11.3 Å². The van der Waals surface area contributed by atoms with E-state index in [-0.39, 0.29) is 6.04 Å². The predicted molar refractivity (Wildman–Crippen MR) is 83.8 cm³/mol. The first-order valence-electron chi connectivity index (χ1n) is 6.57.